The maximum absolute atomic E-state index is 6.03. The van der Waals surface area contributed by atoms with Crippen molar-refractivity contribution in [2.24, 2.45) is 11.8 Å². The molecule has 1 rings (SSSR count). The van der Waals surface area contributed by atoms with Crippen LogP contribution >= 0.6 is 0 Å². The second kappa shape index (κ2) is 5.86. The van der Waals surface area contributed by atoms with Crippen molar-refractivity contribution >= 4 is 0 Å². The van der Waals surface area contributed by atoms with E-state index in [9.17, 15) is 0 Å². The Kier molecular flexibility index (Phi) is 5.07. The lowest BCUT2D eigenvalue weighted by Crippen LogP contribution is -2.46. The monoisotopic (exact) mass is 213 g/mol. The number of ether oxygens (including phenoxy) is 1. The molecule has 1 aliphatic rings. The van der Waals surface area contributed by atoms with E-state index in [4.69, 9.17) is 4.74 Å². The molecular formula is C13H27NO. The Morgan fingerprint density at radius 2 is 2.20 bits per heavy atom. The van der Waals surface area contributed by atoms with Crippen LogP contribution in [0.15, 0.2) is 0 Å². The Morgan fingerprint density at radius 1 is 1.47 bits per heavy atom. The largest absolute Gasteiger partial charge is 0.374 e. The van der Waals surface area contributed by atoms with Crippen LogP contribution in [0.3, 0.4) is 0 Å². The second-order valence-electron chi connectivity index (χ2n) is 5.25. The average molecular weight is 213 g/mol. The van der Waals surface area contributed by atoms with E-state index in [0.717, 1.165) is 25.0 Å². The van der Waals surface area contributed by atoms with Crippen LogP contribution < -0.4 is 5.32 Å². The van der Waals surface area contributed by atoms with E-state index in [1.54, 1.807) is 0 Å². The molecule has 0 aliphatic heterocycles. The van der Waals surface area contributed by atoms with Crippen molar-refractivity contribution in [3.63, 3.8) is 0 Å². The van der Waals surface area contributed by atoms with Gasteiger partial charge in [0.1, 0.15) is 0 Å². The van der Waals surface area contributed by atoms with Crippen molar-refractivity contribution in [2.45, 2.75) is 52.1 Å². The third-order valence-electron chi connectivity index (χ3n) is 3.73. The molecule has 0 saturated heterocycles. The van der Waals surface area contributed by atoms with Crippen LogP contribution in [-0.2, 0) is 4.74 Å². The average Bonchev–Trinajstić information content (AvgIpc) is 2.18. The minimum Gasteiger partial charge on any atom is -0.374 e. The van der Waals surface area contributed by atoms with Gasteiger partial charge in [-0.15, -0.1) is 0 Å². The molecule has 90 valence electrons. The first-order valence-corrected chi connectivity index (χ1v) is 6.42. The normalized spacial score (nSPS) is 32.2. The predicted molar refractivity (Wildman–Crippen MR) is 65.1 cm³/mol. The van der Waals surface area contributed by atoms with Gasteiger partial charge in [-0.05, 0) is 45.1 Å². The van der Waals surface area contributed by atoms with E-state index >= 15 is 0 Å². The van der Waals surface area contributed by atoms with E-state index in [1.165, 1.54) is 25.7 Å². The van der Waals surface area contributed by atoms with E-state index < -0.39 is 0 Å². The zero-order valence-electron chi connectivity index (χ0n) is 10.8. The molecule has 0 heterocycles. The Morgan fingerprint density at radius 3 is 2.73 bits per heavy atom. The first kappa shape index (κ1) is 13.0. The van der Waals surface area contributed by atoms with Crippen LogP contribution in [0.1, 0.15) is 46.5 Å². The minimum atomic E-state index is 0.122. The van der Waals surface area contributed by atoms with Crippen molar-refractivity contribution in [2.75, 3.05) is 20.2 Å². The zero-order chi connectivity index (χ0) is 11.3. The predicted octanol–water partition coefficient (Wildman–Crippen LogP) is 2.83. The van der Waals surface area contributed by atoms with Gasteiger partial charge in [0.2, 0.25) is 0 Å². The van der Waals surface area contributed by atoms with Crippen LogP contribution in [0.4, 0.5) is 0 Å². The van der Waals surface area contributed by atoms with Gasteiger partial charge in [-0.25, -0.2) is 0 Å². The molecule has 1 aliphatic carbocycles. The zero-order valence-corrected chi connectivity index (χ0v) is 10.8. The van der Waals surface area contributed by atoms with Crippen molar-refractivity contribution in [3.8, 4) is 0 Å². The maximum atomic E-state index is 6.03. The van der Waals surface area contributed by atoms with Crippen LogP contribution in [0.5, 0.6) is 0 Å². The fraction of sp³-hybridized carbons (Fsp3) is 1.00. The molecule has 0 radical (unpaired) electrons. The van der Waals surface area contributed by atoms with Gasteiger partial charge >= 0.3 is 0 Å². The van der Waals surface area contributed by atoms with E-state index in [0.29, 0.717) is 0 Å². The van der Waals surface area contributed by atoms with E-state index in [1.807, 2.05) is 7.05 Å². The van der Waals surface area contributed by atoms with Gasteiger partial charge in [-0.3, -0.25) is 0 Å². The molecule has 0 spiro atoms. The SMILES string of the molecule is CCOC1(CNC)CCCC(C(C)C)C1. The Hall–Kier alpha value is -0.0800. The van der Waals surface area contributed by atoms with Gasteiger partial charge in [0, 0.05) is 13.2 Å². The highest BCUT2D eigenvalue weighted by molar-refractivity contribution is 4.90. The molecule has 1 saturated carbocycles. The van der Waals surface area contributed by atoms with Crippen molar-refractivity contribution in [1.82, 2.24) is 5.32 Å². The summed E-state index contributed by atoms with van der Waals surface area (Å²) in [7, 11) is 2.03. The lowest BCUT2D eigenvalue weighted by atomic mass is 9.73. The summed E-state index contributed by atoms with van der Waals surface area (Å²) in [6.45, 7) is 8.63. The van der Waals surface area contributed by atoms with Gasteiger partial charge in [-0.2, -0.15) is 0 Å². The highest BCUT2D eigenvalue weighted by Crippen LogP contribution is 2.38. The molecule has 1 fully saturated rings. The van der Waals surface area contributed by atoms with E-state index in [2.05, 4.69) is 26.1 Å². The summed E-state index contributed by atoms with van der Waals surface area (Å²) < 4.78 is 6.03. The Balaban J connectivity index is 2.61. The second-order valence-corrected chi connectivity index (χ2v) is 5.25. The minimum absolute atomic E-state index is 0.122. The van der Waals surface area contributed by atoms with Gasteiger partial charge in [0.25, 0.3) is 0 Å². The van der Waals surface area contributed by atoms with Crippen molar-refractivity contribution < 1.29 is 4.74 Å². The van der Waals surface area contributed by atoms with Gasteiger partial charge in [0.05, 0.1) is 5.60 Å². The summed E-state index contributed by atoms with van der Waals surface area (Å²) in [5.74, 6) is 1.64. The highest BCUT2D eigenvalue weighted by Gasteiger charge is 2.37. The fourth-order valence-corrected chi connectivity index (χ4v) is 2.91. The van der Waals surface area contributed by atoms with Crippen molar-refractivity contribution in [1.29, 1.82) is 0 Å². The standard InChI is InChI=1S/C13H27NO/c1-5-15-13(10-14-4)8-6-7-12(9-13)11(2)3/h11-12,14H,5-10H2,1-4H3. The molecule has 15 heavy (non-hydrogen) atoms. The molecule has 0 aromatic carbocycles. The molecule has 2 heteroatoms. The quantitative estimate of drug-likeness (QED) is 0.758. The summed E-state index contributed by atoms with van der Waals surface area (Å²) in [6.07, 6.45) is 5.17. The smallest absolute Gasteiger partial charge is 0.0808 e. The number of nitrogens with one attached hydrogen (secondary N) is 1. The Bertz CT molecular complexity index is 168. The number of hydrogen-bond donors (Lipinski definition) is 1. The number of rotatable bonds is 5. The molecular weight excluding hydrogens is 186 g/mol. The molecule has 2 nitrogen and oxygen atoms in total. The lowest BCUT2D eigenvalue weighted by molar-refractivity contribution is -0.0802. The molecule has 0 aromatic heterocycles. The number of hydrogen-bond acceptors (Lipinski definition) is 2. The third-order valence-corrected chi connectivity index (χ3v) is 3.73. The highest BCUT2D eigenvalue weighted by atomic mass is 16.5. The summed E-state index contributed by atoms with van der Waals surface area (Å²) in [6, 6.07) is 0. The first-order chi connectivity index (χ1) is 7.13. The lowest BCUT2D eigenvalue weighted by Gasteiger charge is -2.42. The summed E-state index contributed by atoms with van der Waals surface area (Å²) >= 11 is 0. The van der Waals surface area contributed by atoms with Crippen molar-refractivity contribution in [3.05, 3.63) is 0 Å². The van der Waals surface area contributed by atoms with Crippen LogP contribution in [0.2, 0.25) is 0 Å². The van der Waals surface area contributed by atoms with Gasteiger partial charge in [-0.1, -0.05) is 20.3 Å². The maximum Gasteiger partial charge on any atom is 0.0808 e. The summed E-state index contributed by atoms with van der Waals surface area (Å²) in [4.78, 5) is 0. The molecule has 0 amide bonds. The van der Waals surface area contributed by atoms with Crippen LogP contribution in [-0.4, -0.2) is 25.8 Å². The molecule has 2 atom stereocenters. The summed E-state index contributed by atoms with van der Waals surface area (Å²) in [5.41, 5.74) is 0.122. The fourth-order valence-electron chi connectivity index (χ4n) is 2.91. The van der Waals surface area contributed by atoms with E-state index in [-0.39, 0.29) is 5.60 Å². The third kappa shape index (κ3) is 3.46. The first-order valence-electron chi connectivity index (χ1n) is 6.42. The van der Waals surface area contributed by atoms with Crippen LogP contribution in [0.25, 0.3) is 0 Å². The molecule has 0 aromatic rings. The topological polar surface area (TPSA) is 21.3 Å². The number of likely N-dealkylation sites (N-methyl/N-ethyl adjacent to an activating group) is 1. The molecule has 1 N–H and O–H groups in total. The summed E-state index contributed by atoms with van der Waals surface area (Å²) in [5, 5.41) is 3.30. The Labute approximate surface area is 94.8 Å². The molecule has 0 bridgehead atoms. The van der Waals surface area contributed by atoms with Gasteiger partial charge in [0.15, 0.2) is 0 Å². The van der Waals surface area contributed by atoms with Crippen LogP contribution in [0, 0.1) is 11.8 Å². The molecule has 2 unspecified atom stereocenters. The van der Waals surface area contributed by atoms with Gasteiger partial charge < -0.3 is 10.1 Å².